The van der Waals surface area contributed by atoms with E-state index in [-0.39, 0.29) is 5.82 Å². The second-order valence-corrected chi connectivity index (χ2v) is 8.36. The van der Waals surface area contributed by atoms with Gasteiger partial charge in [0.25, 0.3) is 0 Å². The van der Waals surface area contributed by atoms with E-state index in [1.165, 1.54) is 31.7 Å². The van der Waals surface area contributed by atoms with E-state index in [1.807, 2.05) is 6.07 Å². The molecule has 4 rings (SSSR count). The van der Waals surface area contributed by atoms with Crippen LogP contribution in [0.5, 0.6) is 0 Å². The number of hydrogen-bond donors (Lipinski definition) is 0. The first kappa shape index (κ1) is 19.8. The van der Waals surface area contributed by atoms with Gasteiger partial charge in [0.1, 0.15) is 5.82 Å². The fourth-order valence-electron chi connectivity index (χ4n) is 4.90. The van der Waals surface area contributed by atoms with Gasteiger partial charge in [0.15, 0.2) is 11.6 Å². The molecule has 29 heavy (non-hydrogen) atoms. The number of hydrogen-bond acceptors (Lipinski definition) is 0. The predicted molar refractivity (Wildman–Crippen MR) is 110 cm³/mol. The van der Waals surface area contributed by atoms with Crippen molar-refractivity contribution in [3.63, 3.8) is 0 Å². The molecule has 0 aliphatic heterocycles. The monoisotopic (exact) mass is 394 g/mol. The molecule has 0 amide bonds. The molecule has 150 valence electrons. The van der Waals surface area contributed by atoms with Gasteiger partial charge < -0.3 is 0 Å². The van der Waals surface area contributed by atoms with Crippen LogP contribution in [0.15, 0.2) is 43.0 Å². The number of fused-ring (bicyclic) bond motifs is 1. The van der Waals surface area contributed by atoms with Crippen molar-refractivity contribution in [2.45, 2.75) is 44.9 Å². The van der Waals surface area contributed by atoms with Gasteiger partial charge in [-0.3, -0.25) is 0 Å². The Hall–Kier alpha value is -2.47. The maximum Gasteiger partial charge on any atom is 0.160 e. The highest BCUT2D eigenvalue weighted by atomic mass is 19.2. The molecule has 2 aromatic carbocycles. The average molecular weight is 394 g/mol. The molecule has 1 unspecified atom stereocenters. The van der Waals surface area contributed by atoms with Crippen LogP contribution in [0.1, 0.15) is 54.4 Å². The van der Waals surface area contributed by atoms with Gasteiger partial charge in [0.05, 0.1) is 5.56 Å². The quantitative estimate of drug-likeness (QED) is 0.398. The molecule has 3 heteroatoms. The molecule has 0 spiro atoms. The van der Waals surface area contributed by atoms with Gasteiger partial charge in [-0.1, -0.05) is 24.0 Å². The van der Waals surface area contributed by atoms with Crippen molar-refractivity contribution in [1.29, 1.82) is 0 Å². The zero-order chi connectivity index (χ0) is 20.4. The van der Waals surface area contributed by atoms with Gasteiger partial charge >= 0.3 is 0 Å². The summed E-state index contributed by atoms with van der Waals surface area (Å²) in [6, 6.07) is 7.18. The van der Waals surface area contributed by atoms with Crippen molar-refractivity contribution in [3.8, 4) is 11.8 Å². The Kier molecular flexibility index (Phi) is 5.81. The number of benzene rings is 2. The van der Waals surface area contributed by atoms with E-state index < -0.39 is 11.6 Å². The average Bonchev–Trinajstić information content (AvgIpc) is 2.75. The highest BCUT2D eigenvalue weighted by Crippen LogP contribution is 2.40. The van der Waals surface area contributed by atoms with Gasteiger partial charge in [-0.15, -0.1) is 6.58 Å². The Balaban J connectivity index is 1.49. The van der Waals surface area contributed by atoms with Crippen LogP contribution < -0.4 is 0 Å². The first-order valence-corrected chi connectivity index (χ1v) is 10.4. The largest absolute Gasteiger partial charge is 0.205 e. The van der Waals surface area contributed by atoms with Crippen LogP contribution in [-0.2, 0) is 12.8 Å². The van der Waals surface area contributed by atoms with Crippen molar-refractivity contribution in [2.24, 2.45) is 17.8 Å². The van der Waals surface area contributed by atoms with E-state index in [4.69, 9.17) is 0 Å². The summed E-state index contributed by atoms with van der Waals surface area (Å²) in [6.07, 6.45) is 9.74. The van der Waals surface area contributed by atoms with Gasteiger partial charge in [0, 0.05) is 5.56 Å². The van der Waals surface area contributed by atoms with Gasteiger partial charge in [0.2, 0.25) is 0 Å². The summed E-state index contributed by atoms with van der Waals surface area (Å²) in [5, 5.41) is 0. The van der Waals surface area contributed by atoms with Crippen molar-refractivity contribution in [3.05, 3.63) is 82.7 Å². The van der Waals surface area contributed by atoms with Crippen molar-refractivity contribution >= 4 is 0 Å². The Labute approximate surface area is 170 Å². The summed E-state index contributed by atoms with van der Waals surface area (Å²) in [6.45, 7) is 3.92. The summed E-state index contributed by atoms with van der Waals surface area (Å²) in [4.78, 5) is 0. The van der Waals surface area contributed by atoms with E-state index in [9.17, 15) is 8.78 Å². The van der Waals surface area contributed by atoms with E-state index in [1.54, 1.807) is 6.07 Å². The van der Waals surface area contributed by atoms with E-state index in [0.717, 1.165) is 48.4 Å². The van der Waals surface area contributed by atoms with Crippen LogP contribution in [-0.4, -0.2) is 0 Å². The number of halogens is 3. The summed E-state index contributed by atoms with van der Waals surface area (Å²) in [7, 11) is 0. The molecule has 0 aromatic heterocycles. The Morgan fingerprint density at radius 2 is 1.66 bits per heavy atom. The van der Waals surface area contributed by atoms with Crippen LogP contribution in [0, 0.1) is 47.0 Å². The van der Waals surface area contributed by atoms with Crippen LogP contribution in [0.25, 0.3) is 0 Å². The molecule has 2 aliphatic rings. The summed E-state index contributed by atoms with van der Waals surface area (Å²) in [5.41, 5.74) is 2.52. The van der Waals surface area contributed by atoms with Crippen molar-refractivity contribution in [1.82, 2.24) is 0 Å². The lowest BCUT2D eigenvalue weighted by Gasteiger charge is -2.36. The molecule has 0 bridgehead atoms. The first-order valence-electron chi connectivity index (χ1n) is 10.4. The molecule has 0 heterocycles. The molecule has 2 aliphatic carbocycles. The molecule has 1 fully saturated rings. The number of allylic oxidation sites excluding steroid dienone is 1. The lowest BCUT2D eigenvalue weighted by atomic mass is 9.69. The lowest BCUT2D eigenvalue weighted by Crippen LogP contribution is -2.26. The third-order valence-corrected chi connectivity index (χ3v) is 6.67. The maximum absolute atomic E-state index is 15.0. The Bertz CT molecular complexity index is 971. The summed E-state index contributed by atoms with van der Waals surface area (Å²) >= 11 is 0. The zero-order valence-corrected chi connectivity index (χ0v) is 16.5. The van der Waals surface area contributed by atoms with Crippen LogP contribution in [0.2, 0.25) is 0 Å². The fraction of sp³-hybridized carbons (Fsp3) is 0.385. The standard InChI is InChI=1S/C26H25F3/c1-2-17-3-7-19(8-4-17)21-12-13-23-22(16-21)11-10-20(26(23)29)9-5-18-6-14-24(27)25(28)15-18/h2,6,10-11,14-15,17,19,21H,1,3-4,7-8,12-13,16H2. The van der Waals surface area contributed by atoms with Crippen LogP contribution in [0.3, 0.4) is 0 Å². The SMILES string of the molecule is C=CC1CCC(C2CCc3c(ccc(C#Cc4ccc(F)c(F)c4)c3F)C2)CC1. The predicted octanol–water partition coefficient (Wildman–Crippen LogP) is 6.60. The second-order valence-electron chi connectivity index (χ2n) is 8.36. The van der Waals surface area contributed by atoms with Gasteiger partial charge in [-0.05, 0) is 98.1 Å². The van der Waals surface area contributed by atoms with Crippen LogP contribution >= 0.6 is 0 Å². The van der Waals surface area contributed by atoms with E-state index >= 15 is 4.39 Å². The van der Waals surface area contributed by atoms with Gasteiger partial charge in [-0.2, -0.15) is 0 Å². The third kappa shape index (κ3) is 4.27. The Morgan fingerprint density at radius 3 is 2.38 bits per heavy atom. The molecule has 2 aromatic rings. The fourth-order valence-corrected chi connectivity index (χ4v) is 4.90. The molecule has 0 radical (unpaired) electrons. The minimum absolute atomic E-state index is 0.258. The van der Waals surface area contributed by atoms with E-state index in [2.05, 4.69) is 24.5 Å². The van der Waals surface area contributed by atoms with Crippen molar-refractivity contribution < 1.29 is 13.2 Å². The topological polar surface area (TPSA) is 0 Å². The molecular formula is C26H25F3. The zero-order valence-electron chi connectivity index (χ0n) is 16.5. The summed E-state index contributed by atoms with van der Waals surface area (Å²) < 4.78 is 41.4. The van der Waals surface area contributed by atoms with E-state index in [0.29, 0.717) is 23.0 Å². The molecule has 1 saturated carbocycles. The minimum atomic E-state index is -0.948. The maximum atomic E-state index is 15.0. The molecule has 1 atom stereocenters. The highest BCUT2D eigenvalue weighted by molar-refractivity contribution is 5.47. The highest BCUT2D eigenvalue weighted by Gasteiger charge is 2.30. The molecule has 0 N–H and O–H groups in total. The second kappa shape index (κ2) is 8.49. The Morgan fingerprint density at radius 1 is 0.862 bits per heavy atom. The van der Waals surface area contributed by atoms with Crippen molar-refractivity contribution in [2.75, 3.05) is 0 Å². The molecular weight excluding hydrogens is 369 g/mol. The smallest absolute Gasteiger partial charge is 0.160 e. The summed E-state index contributed by atoms with van der Waals surface area (Å²) in [5.74, 6) is 5.44. The van der Waals surface area contributed by atoms with Crippen LogP contribution in [0.4, 0.5) is 13.2 Å². The normalized spacial score (nSPS) is 23.6. The van der Waals surface area contributed by atoms with Gasteiger partial charge in [-0.25, -0.2) is 13.2 Å². The lowest BCUT2D eigenvalue weighted by molar-refractivity contribution is 0.205. The minimum Gasteiger partial charge on any atom is -0.205 e. The number of rotatable bonds is 2. The molecule has 0 saturated heterocycles. The third-order valence-electron chi connectivity index (χ3n) is 6.67. The molecule has 0 nitrogen and oxygen atoms in total. The first-order chi connectivity index (χ1) is 14.0.